The molecule has 0 bridgehead atoms. The van der Waals surface area contributed by atoms with Crippen molar-refractivity contribution in [1.82, 2.24) is 20.1 Å². The van der Waals surface area contributed by atoms with Gasteiger partial charge >= 0.3 is 0 Å². The summed E-state index contributed by atoms with van der Waals surface area (Å²) in [7, 11) is 0. The molecule has 152 valence electrons. The second-order valence-corrected chi connectivity index (χ2v) is 8.44. The number of thioether (sulfide) groups is 1. The lowest BCUT2D eigenvalue weighted by atomic mass is 10.1. The molecule has 1 aromatic heterocycles. The summed E-state index contributed by atoms with van der Waals surface area (Å²) >= 11 is 13.6. The highest BCUT2D eigenvalue weighted by atomic mass is 35.5. The fourth-order valence-electron chi connectivity index (χ4n) is 2.85. The summed E-state index contributed by atoms with van der Waals surface area (Å²) in [5, 5.41) is 13.5. The van der Waals surface area contributed by atoms with Crippen molar-refractivity contribution in [1.29, 1.82) is 0 Å². The van der Waals surface area contributed by atoms with E-state index in [-0.39, 0.29) is 11.9 Å². The first kappa shape index (κ1) is 21.7. The van der Waals surface area contributed by atoms with Crippen LogP contribution in [0.4, 0.5) is 0 Å². The van der Waals surface area contributed by atoms with E-state index in [9.17, 15) is 4.79 Å². The van der Waals surface area contributed by atoms with E-state index < -0.39 is 0 Å². The van der Waals surface area contributed by atoms with Crippen molar-refractivity contribution in [2.75, 3.05) is 0 Å². The summed E-state index contributed by atoms with van der Waals surface area (Å²) in [6, 6.07) is 12.8. The number of aryl methyl sites for hydroxylation is 1. The fraction of sp³-hybridized carbons (Fsp3) is 0.286. The van der Waals surface area contributed by atoms with Gasteiger partial charge in [0.05, 0.1) is 16.1 Å². The molecule has 0 aliphatic heterocycles. The zero-order valence-electron chi connectivity index (χ0n) is 16.4. The van der Waals surface area contributed by atoms with Gasteiger partial charge in [0, 0.05) is 17.9 Å². The van der Waals surface area contributed by atoms with Crippen molar-refractivity contribution in [3.8, 4) is 0 Å². The van der Waals surface area contributed by atoms with E-state index in [0.29, 0.717) is 27.9 Å². The molecule has 1 amide bonds. The van der Waals surface area contributed by atoms with Gasteiger partial charge in [-0.1, -0.05) is 58.7 Å². The monoisotopic (exact) mass is 448 g/mol. The highest BCUT2D eigenvalue weighted by Crippen LogP contribution is 2.28. The van der Waals surface area contributed by atoms with Gasteiger partial charge < -0.3 is 9.88 Å². The molecule has 3 aromatic rings. The Morgan fingerprint density at radius 2 is 1.86 bits per heavy atom. The number of nitrogens with zero attached hydrogens (tertiary/aromatic N) is 3. The van der Waals surface area contributed by atoms with Crippen LogP contribution < -0.4 is 5.32 Å². The highest BCUT2D eigenvalue weighted by molar-refractivity contribution is 7.98. The van der Waals surface area contributed by atoms with Gasteiger partial charge in [0.2, 0.25) is 0 Å². The molecule has 3 rings (SSSR count). The summed E-state index contributed by atoms with van der Waals surface area (Å²) in [5.41, 5.74) is 2.79. The molecule has 0 radical (unpaired) electrons. The Hall–Kier alpha value is -2.02. The number of amides is 1. The third kappa shape index (κ3) is 5.32. The van der Waals surface area contributed by atoms with Gasteiger partial charge in [-0.3, -0.25) is 4.79 Å². The van der Waals surface area contributed by atoms with Crippen molar-refractivity contribution in [3.63, 3.8) is 0 Å². The van der Waals surface area contributed by atoms with E-state index >= 15 is 0 Å². The minimum Gasteiger partial charge on any atom is -0.342 e. The van der Waals surface area contributed by atoms with Gasteiger partial charge in [0.25, 0.3) is 5.91 Å². The molecule has 0 saturated heterocycles. The average molecular weight is 449 g/mol. The van der Waals surface area contributed by atoms with Gasteiger partial charge in [-0.25, -0.2) is 0 Å². The molecular formula is C21H22Cl2N4OS. The largest absolute Gasteiger partial charge is 0.342 e. The van der Waals surface area contributed by atoms with Crippen molar-refractivity contribution >= 4 is 40.9 Å². The molecule has 0 saturated carbocycles. The van der Waals surface area contributed by atoms with Crippen molar-refractivity contribution < 1.29 is 4.79 Å². The first-order valence-electron chi connectivity index (χ1n) is 9.26. The Balaban J connectivity index is 1.69. The number of hydrogen-bond donors (Lipinski definition) is 1. The number of carbonyl (C=O) groups is 1. The average Bonchev–Trinajstić information content (AvgIpc) is 3.12. The zero-order chi connectivity index (χ0) is 21.0. The van der Waals surface area contributed by atoms with Crippen molar-refractivity contribution in [2.24, 2.45) is 0 Å². The number of halogens is 2. The van der Waals surface area contributed by atoms with Crippen molar-refractivity contribution in [3.05, 3.63) is 75.0 Å². The van der Waals surface area contributed by atoms with Crippen LogP contribution >= 0.6 is 35.0 Å². The molecule has 5 nitrogen and oxygen atoms in total. The van der Waals surface area contributed by atoms with Crippen LogP contribution in [0.3, 0.4) is 0 Å². The van der Waals surface area contributed by atoms with E-state index in [1.165, 1.54) is 0 Å². The molecule has 1 N–H and O–H groups in total. The van der Waals surface area contributed by atoms with Crippen LogP contribution in [-0.2, 0) is 12.3 Å². The number of hydrogen-bond acceptors (Lipinski definition) is 4. The number of carbonyl (C=O) groups excluding carboxylic acids is 1. The topological polar surface area (TPSA) is 59.8 Å². The second-order valence-electron chi connectivity index (χ2n) is 6.68. The van der Waals surface area contributed by atoms with Crippen LogP contribution in [0.25, 0.3) is 0 Å². The SMILES string of the molecule is CCn1c(SCc2ccc(Cl)c(Cl)c2)nnc1C(C)NC(=O)c1ccc(C)cc1. The Morgan fingerprint density at radius 3 is 2.52 bits per heavy atom. The summed E-state index contributed by atoms with van der Waals surface area (Å²) in [6.45, 7) is 6.64. The zero-order valence-corrected chi connectivity index (χ0v) is 18.8. The molecule has 29 heavy (non-hydrogen) atoms. The van der Waals surface area contributed by atoms with Gasteiger partial charge in [-0.2, -0.15) is 0 Å². The minimum atomic E-state index is -0.268. The molecule has 1 unspecified atom stereocenters. The molecule has 1 atom stereocenters. The molecule has 8 heteroatoms. The Labute approximate surface area is 184 Å². The Kier molecular flexibility index (Phi) is 7.22. The third-order valence-electron chi connectivity index (χ3n) is 4.46. The first-order chi connectivity index (χ1) is 13.9. The number of benzene rings is 2. The lowest BCUT2D eigenvalue weighted by molar-refractivity contribution is 0.0937. The molecule has 2 aromatic carbocycles. The van der Waals surface area contributed by atoms with E-state index in [2.05, 4.69) is 15.5 Å². The van der Waals surface area contributed by atoms with Crippen molar-refractivity contribution in [2.45, 2.75) is 44.3 Å². The van der Waals surface area contributed by atoms with Crippen LogP contribution in [0.5, 0.6) is 0 Å². The molecule has 0 aliphatic carbocycles. The Bertz CT molecular complexity index is 1000. The maximum absolute atomic E-state index is 12.5. The van der Waals surface area contributed by atoms with Crippen LogP contribution in [0.2, 0.25) is 10.0 Å². The fourth-order valence-corrected chi connectivity index (χ4v) is 4.12. The third-order valence-corrected chi connectivity index (χ3v) is 6.24. The number of nitrogens with one attached hydrogen (secondary N) is 1. The summed E-state index contributed by atoms with van der Waals surface area (Å²) in [5.74, 6) is 1.29. The molecule has 0 aliphatic rings. The maximum Gasteiger partial charge on any atom is 0.251 e. The number of aromatic nitrogens is 3. The summed E-state index contributed by atoms with van der Waals surface area (Å²) < 4.78 is 2.02. The van der Waals surface area contributed by atoms with Crippen LogP contribution in [0.1, 0.15) is 47.2 Å². The quantitative estimate of drug-likeness (QED) is 0.471. The summed E-state index contributed by atoms with van der Waals surface area (Å²) in [4.78, 5) is 12.5. The summed E-state index contributed by atoms with van der Waals surface area (Å²) in [6.07, 6.45) is 0. The van der Waals surface area contributed by atoms with Gasteiger partial charge in [0.1, 0.15) is 0 Å². The van der Waals surface area contributed by atoms with E-state index in [0.717, 1.165) is 22.1 Å². The predicted molar refractivity (Wildman–Crippen MR) is 119 cm³/mol. The normalized spacial score (nSPS) is 12.0. The smallest absolute Gasteiger partial charge is 0.251 e. The second kappa shape index (κ2) is 9.65. The molecule has 0 fully saturated rings. The Morgan fingerprint density at radius 1 is 1.14 bits per heavy atom. The lowest BCUT2D eigenvalue weighted by Gasteiger charge is -2.15. The molecule has 0 spiro atoms. The first-order valence-corrected chi connectivity index (χ1v) is 11.0. The molecular weight excluding hydrogens is 427 g/mol. The van der Waals surface area contributed by atoms with Crippen LogP contribution in [0.15, 0.2) is 47.6 Å². The predicted octanol–water partition coefficient (Wildman–Crippen LogP) is 5.70. The number of rotatable bonds is 7. The highest BCUT2D eigenvalue weighted by Gasteiger charge is 2.19. The van der Waals surface area contributed by atoms with E-state index in [1.54, 1.807) is 17.8 Å². The lowest BCUT2D eigenvalue weighted by Crippen LogP contribution is -2.28. The van der Waals surface area contributed by atoms with E-state index in [1.807, 2.05) is 61.7 Å². The maximum atomic E-state index is 12.5. The van der Waals surface area contributed by atoms with E-state index in [4.69, 9.17) is 23.2 Å². The molecule has 1 heterocycles. The van der Waals surface area contributed by atoms with Gasteiger partial charge in [0.15, 0.2) is 11.0 Å². The minimum absolute atomic E-state index is 0.131. The van der Waals surface area contributed by atoms with Crippen LogP contribution in [0, 0.1) is 6.92 Å². The van der Waals surface area contributed by atoms with Crippen LogP contribution in [-0.4, -0.2) is 20.7 Å². The standard InChI is InChI=1S/C21H22Cl2N4OS/c1-4-27-19(14(3)24-20(28)16-8-5-13(2)6-9-16)25-26-21(27)29-12-15-7-10-17(22)18(23)11-15/h5-11,14H,4,12H2,1-3H3,(H,24,28). The van der Waals surface area contributed by atoms with Gasteiger partial charge in [-0.15, -0.1) is 10.2 Å². The van der Waals surface area contributed by atoms with Gasteiger partial charge in [-0.05, 0) is 50.6 Å².